The van der Waals surface area contributed by atoms with E-state index < -0.39 is 9.84 Å². The second-order valence-electron chi connectivity index (χ2n) is 5.19. The van der Waals surface area contributed by atoms with Crippen LogP contribution in [0.2, 0.25) is 5.02 Å². The van der Waals surface area contributed by atoms with Crippen molar-refractivity contribution in [3.05, 3.63) is 23.2 Å². The average molecular weight is 316 g/mol. The van der Waals surface area contributed by atoms with E-state index in [1.165, 1.54) is 7.11 Å². The molecule has 20 heavy (non-hydrogen) atoms. The number of rotatable bonds is 2. The van der Waals surface area contributed by atoms with Crippen molar-refractivity contribution in [1.82, 2.24) is 0 Å². The lowest BCUT2D eigenvalue weighted by atomic mass is 10.0. The molecule has 3 rings (SSSR count). The number of fused-ring (bicyclic) bond motifs is 1. The lowest BCUT2D eigenvalue weighted by molar-refractivity contribution is -0.117. The number of benzene rings is 1. The third-order valence-corrected chi connectivity index (χ3v) is 5.97. The molecule has 2 aliphatic rings. The Labute approximate surface area is 122 Å². The van der Waals surface area contributed by atoms with Gasteiger partial charge in [0.2, 0.25) is 5.91 Å². The fourth-order valence-electron chi connectivity index (χ4n) is 3.03. The number of methoxy groups -OCH3 is 1. The number of hydrogen-bond acceptors (Lipinski definition) is 4. The first kappa shape index (κ1) is 13.7. The molecule has 0 saturated carbocycles. The standard InChI is InChI=1S/C13H14ClNO4S/c1-19-12-3-2-9(5-10(12)14)15-11-7-20(17,18)6-8(11)4-13(15)16/h2-3,5,8,11H,4,6-7H2,1H3/t8-,11+/m1/s1. The molecule has 2 aliphatic heterocycles. The molecule has 0 spiro atoms. The van der Waals surface area contributed by atoms with Crippen molar-refractivity contribution in [2.45, 2.75) is 12.5 Å². The fraction of sp³-hybridized carbons (Fsp3) is 0.462. The van der Waals surface area contributed by atoms with Crippen molar-refractivity contribution in [2.75, 3.05) is 23.5 Å². The Morgan fingerprint density at radius 1 is 1.35 bits per heavy atom. The van der Waals surface area contributed by atoms with Gasteiger partial charge in [-0.1, -0.05) is 11.6 Å². The first-order chi connectivity index (χ1) is 9.41. The van der Waals surface area contributed by atoms with E-state index >= 15 is 0 Å². The monoisotopic (exact) mass is 315 g/mol. The number of ether oxygens (including phenoxy) is 1. The van der Waals surface area contributed by atoms with Crippen LogP contribution < -0.4 is 9.64 Å². The van der Waals surface area contributed by atoms with E-state index in [-0.39, 0.29) is 35.8 Å². The number of anilines is 1. The molecule has 1 aromatic carbocycles. The highest BCUT2D eigenvalue weighted by atomic mass is 35.5. The van der Waals surface area contributed by atoms with Crippen LogP contribution in [0.3, 0.4) is 0 Å². The molecule has 1 aromatic rings. The third kappa shape index (κ3) is 2.16. The van der Waals surface area contributed by atoms with E-state index in [1.807, 2.05) is 0 Å². The van der Waals surface area contributed by atoms with Crippen LogP contribution in [0.1, 0.15) is 6.42 Å². The summed E-state index contributed by atoms with van der Waals surface area (Å²) < 4.78 is 28.5. The van der Waals surface area contributed by atoms with Crippen LogP contribution in [0.4, 0.5) is 5.69 Å². The largest absolute Gasteiger partial charge is 0.495 e. The van der Waals surface area contributed by atoms with Gasteiger partial charge in [-0.05, 0) is 18.2 Å². The maximum Gasteiger partial charge on any atom is 0.227 e. The summed E-state index contributed by atoms with van der Waals surface area (Å²) in [5, 5.41) is 0.405. The van der Waals surface area contributed by atoms with Gasteiger partial charge in [-0.25, -0.2) is 8.42 Å². The quantitative estimate of drug-likeness (QED) is 0.829. The highest BCUT2D eigenvalue weighted by molar-refractivity contribution is 7.91. The number of hydrogen-bond donors (Lipinski definition) is 0. The Kier molecular flexibility index (Phi) is 3.17. The summed E-state index contributed by atoms with van der Waals surface area (Å²) in [5.41, 5.74) is 0.630. The van der Waals surface area contributed by atoms with Crippen molar-refractivity contribution >= 4 is 33.0 Å². The number of amides is 1. The predicted octanol–water partition coefficient (Wildman–Crippen LogP) is 1.50. The predicted molar refractivity (Wildman–Crippen MR) is 76.0 cm³/mol. The van der Waals surface area contributed by atoms with Crippen LogP contribution in [0.5, 0.6) is 5.75 Å². The van der Waals surface area contributed by atoms with E-state index in [2.05, 4.69) is 0 Å². The summed E-state index contributed by atoms with van der Waals surface area (Å²) in [6.45, 7) is 0. The summed E-state index contributed by atoms with van der Waals surface area (Å²) in [6, 6.07) is 4.79. The molecular formula is C13H14ClNO4S. The first-order valence-electron chi connectivity index (χ1n) is 6.27. The maximum absolute atomic E-state index is 12.1. The third-order valence-electron chi connectivity index (χ3n) is 3.89. The molecular weight excluding hydrogens is 302 g/mol. The van der Waals surface area contributed by atoms with Crippen LogP contribution in [-0.4, -0.2) is 39.0 Å². The minimum Gasteiger partial charge on any atom is -0.495 e. The summed E-state index contributed by atoms with van der Waals surface area (Å²) in [7, 11) is -1.53. The van der Waals surface area contributed by atoms with Crippen molar-refractivity contribution < 1.29 is 17.9 Å². The minimum atomic E-state index is -3.04. The van der Waals surface area contributed by atoms with E-state index in [1.54, 1.807) is 23.1 Å². The molecule has 2 saturated heterocycles. The Morgan fingerprint density at radius 3 is 2.75 bits per heavy atom. The van der Waals surface area contributed by atoms with Crippen LogP contribution in [0.25, 0.3) is 0 Å². The Balaban J connectivity index is 1.97. The van der Waals surface area contributed by atoms with Crippen LogP contribution in [-0.2, 0) is 14.6 Å². The van der Waals surface area contributed by atoms with Crippen molar-refractivity contribution in [3.8, 4) is 5.75 Å². The van der Waals surface area contributed by atoms with Crippen LogP contribution >= 0.6 is 11.6 Å². The molecule has 108 valence electrons. The molecule has 2 heterocycles. The SMILES string of the molecule is COc1ccc(N2C(=O)C[C@@H]3CS(=O)(=O)C[C@@H]32)cc1Cl. The van der Waals surface area contributed by atoms with E-state index in [9.17, 15) is 13.2 Å². The molecule has 5 nitrogen and oxygen atoms in total. The number of sulfone groups is 1. The van der Waals surface area contributed by atoms with Gasteiger partial charge in [0.25, 0.3) is 0 Å². The maximum atomic E-state index is 12.1. The van der Waals surface area contributed by atoms with Gasteiger partial charge in [0, 0.05) is 18.0 Å². The fourth-order valence-corrected chi connectivity index (χ4v) is 5.35. The Morgan fingerprint density at radius 2 is 2.10 bits per heavy atom. The molecule has 0 bridgehead atoms. The number of carbonyl (C=O) groups is 1. The number of carbonyl (C=O) groups excluding carboxylic acids is 1. The van der Waals surface area contributed by atoms with Gasteiger partial charge in [0.15, 0.2) is 9.84 Å². The smallest absolute Gasteiger partial charge is 0.227 e. The summed E-state index contributed by atoms with van der Waals surface area (Å²) in [5.74, 6) is 0.513. The van der Waals surface area contributed by atoms with Crippen LogP contribution in [0, 0.1) is 5.92 Å². The van der Waals surface area contributed by atoms with E-state index in [0.29, 0.717) is 16.5 Å². The molecule has 2 fully saturated rings. The highest BCUT2D eigenvalue weighted by Gasteiger charge is 2.49. The average Bonchev–Trinajstić information content (AvgIpc) is 2.79. The molecule has 1 amide bonds. The number of nitrogens with zero attached hydrogens (tertiary/aromatic N) is 1. The van der Waals surface area contributed by atoms with Crippen molar-refractivity contribution in [1.29, 1.82) is 0 Å². The van der Waals surface area contributed by atoms with Gasteiger partial charge in [0.05, 0.1) is 29.7 Å². The molecule has 2 atom stereocenters. The molecule has 0 N–H and O–H groups in total. The Bertz CT molecular complexity index is 673. The van der Waals surface area contributed by atoms with Gasteiger partial charge in [-0.15, -0.1) is 0 Å². The zero-order valence-corrected chi connectivity index (χ0v) is 12.4. The molecule has 0 unspecified atom stereocenters. The molecule has 0 aliphatic carbocycles. The summed E-state index contributed by atoms with van der Waals surface area (Å²) in [6.07, 6.45) is 0.285. The second-order valence-corrected chi connectivity index (χ2v) is 7.75. The number of halogens is 1. The zero-order chi connectivity index (χ0) is 14.5. The normalized spacial score (nSPS) is 27.7. The lowest BCUT2D eigenvalue weighted by Crippen LogP contribution is -2.36. The second kappa shape index (κ2) is 4.63. The van der Waals surface area contributed by atoms with Gasteiger partial charge < -0.3 is 9.64 Å². The van der Waals surface area contributed by atoms with E-state index in [0.717, 1.165) is 0 Å². The Hall–Kier alpha value is -1.27. The van der Waals surface area contributed by atoms with Gasteiger partial charge >= 0.3 is 0 Å². The van der Waals surface area contributed by atoms with Gasteiger partial charge in [-0.3, -0.25) is 4.79 Å². The summed E-state index contributed by atoms with van der Waals surface area (Å²) in [4.78, 5) is 13.7. The minimum absolute atomic E-state index is 0.0348. The molecule has 7 heteroatoms. The topological polar surface area (TPSA) is 63.7 Å². The zero-order valence-electron chi connectivity index (χ0n) is 10.9. The van der Waals surface area contributed by atoms with Crippen LogP contribution in [0.15, 0.2) is 18.2 Å². The first-order valence-corrected chi connectivity index (χ1v) is 8.47. The van der Waals surface area contributed by atoms with Gasteiger partial charge in [0.1, 0.15) is 5.75 Å². The highest BCUT2D eigenvalue weighted by Crippen LogP contribution is 2.39. The summed E-state index contributed by atoms with van der Waals surface area (Å²) >= 11 is 6.07. The molecule has 0 radical (unpaired) electrons. The van der Waals surface area contributed by atoms with Crippen molar-refractivity contribution in [3.63, 3.8) is 0 Å². The molecule has 0 aromatic heterocycles. The van der Waals surface area contributed by atoms with E-state index in [4.69, 9.17) is 16.3 Å². The van der Waals surface area contributed by atoms with Crippen molar-refractivity contribution in [2.24, 2.45) is 5.92 Å². The lowest BCUT2D eigenvalue weighted by Gasteiger charge is -2.23. The van der Waals surface area contributed by atoms with Gasteiger partial charge in [-0.2, -0.15) is 0 Å².